The van der Waals surface area contributed by atoms with Crippen LogP contribution in [0.5, 0.6) is 17.2 Å². The molecule has 8 N–H and O–H groups in total. The Bertz CT molecular complexity index is 2270. The molecule has 5 aromatic rings. The third kappa shape index (κ3) is 6.11. The summed E-state index contributed by atoms with van der Waals surface area (Å²) < 4.78 is 17.4. The molecule has 0 radical (unpaired) electrons. The number of phenols is 1. The molecule has 266 valence electrons. The average Bonchev–Trinajstić information content (AvgIpc) is 3.12. The van der Waals surface area contributed by atoms with E-state index in [0.717, 1.165) is 10.8 Å². The zero-order valence-corrected chi connectivity index (χ0v) is 28.1. The van der Waals surface area contributed by atoms with Crippen molar-refractivity contribution in [1.29, 1.82) is 0 Å². The molecule has 5 aromatic carbocycles. The standard InChI is InChI=1S/C40H36N2O10/c1-18-33(44)37(48)38(49)40(50-18)52-29-17-27-32(35(46)26(29)15-20-6-5-9-24(14-20)39(41)42)34(45)25-12-13-28(51-19(2)43)30(31(25)36(27)47)23-11-10-21-7-3-4-8-22(21)16-23/h3-14,16-18,33,37-40,44,46,48-49H,15,41-42H2,1-2H3/t18-,33-,37-,38-,40-/m1/s1. The molecule has 5 atom stereocenters. The molecular weight excluding hydrogens is 668 g/mol. The van der Waals surface area contributed by atoms with Crippen molar-refractivity contribution >= 4 is 28.3 Å². The topological polar surface area (TPSA) is 212 Å². The number of ether oxygens (including phenoxy) is 3. The quantitative estimate of drug-likeness (QED) is 0.0799. The molecule has 12 nitrogen and oxygen atoms in total. The van der Waals surface area contributed by atoms with Gasteiger partial charge in [-0.2, -0.15) is 0 Å². The Labute approximate surface area is 297 Å². The number of phenolic OH excluding ortho intramolecular Hbond substituents is 1. The SMILES string of the molecule is CC(=O)Oc1ccc2c(c1-c1ccc3ccccc3c1)C(=O)c1cc(O[C@H]3O[C@H](C)[C@@H](O)[C@@H](O)[C@H]3O)c(Cc3cccc(C(N)N)c3)c(O)c1C2=O. The van der Waals surface area contributed by atoms with E-state index in [4.69, 9.17) is 25.7 Å². The van der Waals surface area contributed by atoms with Crippen molar-refractivity contribution in [2.24, 2.45) is 11.5 Å². The van der Waals surface area contributed by atoms with Gasteiger partial charge in [-0.3, -0.25) is 14.4 Å². The van der Waals surface area contributed by atoms with Crippen molar-refractivity contribution in [2.45, 2.75) is 57.1 Å². The van der Waals surface area contributed by atoms with Crippen molar-refractivity contribution in [2.75, 3.05) is 0 Å². The number of aliphatic hydroxyl groups excluding tert-OH is 3. The fourth-order valence-corrected chi connectivity index (χ4v) is 6.87. The molecule has 1 fully saturated rings. The van der Waals surface area contributed by atoms with Gasteiger partial charge in [0.2, 0.25) is 6.29 Å². The Morgan fingerprint density at radius 3 is 2.25 bits per heavy atom. The summed E-state index contributed by atoms with van der Waals surface area (Å²) >= 11 is 0. The van der Waals surface area contributed by atoms with Crippen molar-refractivity contribution in [3.05, 3.63) is 124 Å². The van der Waals surface area contributed by atoms with Crippen molar-refractivity contribution in [3.63, 3.8) is 0 Å². The van der Waals surface area contributed by atoms with Crippen LogP contribution in [0.4, 0.5) is 0 Å². The largest absolute Gasteiger partial charge is 0.507 e. The minimum atomic E-state index is -1.72. The maximum Gasteiger partial charge on any atom is 0.308 e. The first-order valence-electron chi connectivity index (χ1n) is 16.6. The number of aromatic hydroxyl groups is 1. The molecule has 0 aromatic heterocycles. The molecule has 0 unspecified atom stereocenters. The van der Waals surface area contributed by atoms with Gasteiger partial charge in [0.05, 0.1) is 17.8 Å². The first-order valence-corrected chi connectivity index (χ1v) is 16.6. The van der Waals surface area contributed by atoms with Gasteiger partial charge in [-0.1, -0.05) is 60.7 Å². The van der Waals surface area contributed by atoms with Gasteiger partial charge >= 0.3 is 5.97 Å². The lowest BCUT2D eigenvalue weighted by molar-refractivity contribution is -0.268. The number of fused-ring (bicyclic) bond motifs is 3. The van der Waals surface area contributed by atoms with Crippen LogP contribution in [0, 0.1) is 0 Å². The van der Waals surface area contributed by atoms with Gasteiger partial charge < -0.3 is 46.1 Å². The highest BCUT2D eigenvalue weighted by atomic mass is 16.7. The summed E-state index contributed by atoms with van der Waals surface area (Å²) in [4.78, 5) is 41.3. The molecule has 1 heterocycles. The van der Waals surface area contributed by atoms with Crippen LogP contribution in [0.1, 0.15) is 68.5 Å². The van der Waals surface area contributed by atoms with E-state index in [2.05, 4.69) is 0 Å². The van der Waals surface area contributed by atoms with E-state index < -0.39 is 60.2 Å². The van der Waals surface area contributed by atoms with Crippen molar-refractivity contribution < 1.29 is 49.0 Å². The van der Waals surface area contributed by atoms with Gasteiger partial charge in [0.1, 0.15) is 35.6 Å². The van der Waals surface area contributed by atoms with Crippen LogP contribution in [0.25, 0.3) is 21.9 Å². The number of carbonyl (C=O) groups is 3. The summed E-state index contributed by atoms with van der Waals surface area (Å²) in [6.07, 6.45) is -8.10. The molecule has 0 saturated carbocycles. The third-order valence-corrected chi connectivity index (χ3v) is 9.54. The van der Waals surface area contributed by atoms with Crippen LogP contribution in [-0.4, -0.2) is 68.7 Å². The minimum absolute atomic E-state index is 0.0143. The zero-order valence-electron chi connectivity index (χ0n) is 28.1. The monoisotopic (exact) mass is 704 g/mol. The first-order chi connectivity index (χ1) is 24.8. The van der Waals surface area contributed by atoms with Crippen LogP contribution in [0.3, 0.4) is 0 Å². The van der Waals surface area contributed by atoms with Crippen molar-refractivity contribution in [3.8, 4) is 28.4 Å². The van der Waals surface area contributed by atoms with Crippen LogP contribution < -0.4 is 20.9 Å². The van der Waals surface area contributed by atoms with Gasteiger partial charge in [0.15, 0.2) is 11.6 Å². The number of aliphatic hydroxyl groups is 3. The van der Waals surface area contributed by atoms with E-state index in [0.29, 0.717) is 16.7 Å². The van der Waals surface area contributed by atoms with E-state index >= 15 is 0 Å². The van der Waals surface area contributed by atoms with Gasteiger partial charge in [0, 0.05) is 41.2 Å². The Morgan fingerprint density at radius 1 is 0.788 bits per heavy atom. The van der Waals surface area contributed by atoms with E-state index in [1.165, 1.54) is 32.0 Å². The van der Waals surface area contributed by atoms with Gasteiger partial charge in [-0.25, -0.2) is 0 Å². The van der Waals surface area contributed by atoms with Crippen LogP contribution in [0.2, 0.25) is 0 Å². The number of esters is 1. The van der Waals surface area contributed by atoms with E-state index in [1.807, 2.05) is 36.4 Å². The number of hydrogen-bond acceptors (Lipinski definition) is 12. The fourth-order valence-electron chi connectivity index (χ4n) is 6.87. The normalized spacial score (nSPS) is 21.2. The number of ketones is 2. The maximum atomic E-state index is 14.7. The van der Waals surface area contributed by atoms with Gasteiger partial charge in [-0.05, 0) is 58.7 Å². The number of rotatable bonds is 7. The summed E-state index contributed by atoms with van der Waals surface area (Å²) in [6, 6.07) is 24.0. The van der Waals surface area contributed by atoms with Crippen LogP contribution in [-0.2, 0) is 16.0 Å². The molecule has 0 bridgehead atoms. The Hall–Kier alpha value is -5.47. The second kappa shape index (κ2) is 13.6. The van der Waals surface area contributed by atoms with E-state index in [9.17, 15) is 34.8 Å². The summed E-state index contributed by atoms with van der Waals surface area (Å²) in [6.45, 7) is 2.71. The van der Waals surface area contributed by atoms with Crippen LogP contribution in [0.15, 0.2) is 84.9 Å². The highest BCUT2D eigenvalue weighted by Gasteiger charge is 2.44. The lowest BCUT2D eigenvalue weighted by Crippen LogP contribution is -2.58. The molecule has 0 spiro atoms. The number of hydrogen-bond donors (Lipinski definition) is 6. The Balaban J connectivity index is 1.42. The van der Waals surface area contributed by atoms with Gasteiger partial charge in [-0.15, -0.1) is 0 Å². The van der Waals surface area contributed by atoms with E-state index in [-0.39, 0.29) is 51.3 Å². The molecule has 1 saturated heterocycles. The van der Waals surface area contributed by atoms with E-state index in [1.54, 1.807) is 30.3 Å². The average molecular weight is 705 g/mol. The number of nitrogens with two attached hydrogens (primary N) is 2. The maximum absolute atomic E-state index is 14.7. The molecule has 12 heteroatoms. The lowest BCUT2D eigenvalue weighted by Gasteiger charge is -2.39. The molecule has 1 aliphatic heterocycles. The van der Waals surface area contributed by atoms with Crippen LogP contribution >= 0.6 is 0 Å². The summed E-state index contributed by atoms with van der Waals surface area (Å²) in [5, 5.41) is 45.3. The number of benzene rings is 5. The Kier molecular flexibility index (Phi) is 9.13. The first kappa shape index (κ1) is 35.0. The van der Waals surface area contributed by atoms with Crippen molar-refractivity contribution in [1.82, 2.24) is 0 Å². The molecule has 52 heavy (non-hydrogen) atoms. The minimum Gasteiger partial charge on any atom is -0.507 e. The number of carbonyl (C=O) groups excluding carboxylic acids is 3. The molecule has 1 aliphatic carbocycles. The highest BCUT2D eigenvalue weighted by Crippen LogP contribution is 2.46. The second-order valence-corrected chi connectivity index (χ2v) is 13.0. The molecule has 0 amide bonds. The molecule has 7 rings (SSSR count). The summed E-state index contributed by atoms with van der Waals surface area (Å²) in [5.41, 5.74) is 13.3. The smallest absolute Gasteiger partial charge is 0.308 e. The zero-order chi connectivity index (χ0) is 37.0. The second-order valence-electron chi connectivity index (χ2n) is 13.0. The summed E-state index contributed by atoms with van der Waals surface area (Å²) in [7, 11) is 0. The third-order valence-electron chi connectivity index (χ3n) is 9.54. The predicted molar refractivity (Wildman–Crippen MR) is 189 cm³/mol. The highest BCUT2D eigenvalue weighted by molar-refractivity contribution is 6.32. The fraction of sp³-hybridized carbons (Fsp3) is 0.225. The molecular formula is C40H36N2O10. The summed E-state index contributed by atoms with van der Waals surface area (Å²) in [5.74, 6) is -2.59. The predicted octanol–water partition coefficient (Wildman–Crippen LogP) is 3.63. The lowest BCUT2D eigenvalue weighted by atomic mass is 9.78. The van der Waals surface area contributed by atoms with Gasteiger partial charge in [0.25, 0.3) is 0 Å². The molecule has 2 aliphatic rings. The Morgan fingerprint density at radius 2 is 1.52 bits per heavy atom.